The fourth-order valence-corrected chi connectivity index (χ4v) is 3.22. The zero-order chi connectivity index (χ0) is 22.0. The number of nitro benzene ring substituents is 1. The average molecular weight is 422 g/mol. The monoisotopic (exact) mass is 422 g/mol. The Morgan fingerprint density at radius 2 is 1.73 bits per heavy atom. The first-order valence-corrected chi connectivity index (χ1v) is 8.80. The number of aromatic nitrogens is 3. The van der Waals surface area contributed by atoms with Crippen molar-refractivity contribution in [3.8, 4) is 0 Å². The van der Waals surface area contributed by atoms with Crippen LogP contribution in [0.5, 0.6) is 0 Å². The number of hydrogen-bond acceptors (Lipinski definition) is 11. The summed E-state index contributed by atoms with van der Waals surface area (Å²) in [5.41, 5.74) is -0.0365. The van der Waals surface area contributed by atoms with Crippen molar-refractivity contribution >= 4 is 34.6 Å². The van der Waals surface area contributed by atoms with E-state index in [4.69, 9.17) is 18.9 Å². The van der Waals surface area contributed by atoms with Crippen LogP contribution < -0.4 is 0 Å². The molecule has 1 aliphatic rings. The summed E-state index contributed by atoms with van der Waals surface area (Å²) in [4.78, 5) is 45.5. The van der Waals surface area contributed by atoms with Crippen LogP contribution in [0.15, 0.2) is 18.2 Å². The maximum absolute atomic E-state index is 11.7. The molecule has 0 N–H and O–H groups in total. The molecule has 0 saturated carbocycles. The quantitative estimate of drug-likeness (QED) is 0.288. The van der Waals surface area contributed by atoms with Crippen molar-refractivity contribution in [1.82, 2.24) is 15.0 Å². The highest BCUT2D eigenvalue weighted by Crippen LogP contribution is 2.33. The molecule has 1 saturated heterocycles. The fraction of sp³-hybridized carbons (Fsp3) is 0.471. The van der Waals surface area contributed by atoms with E-state index in [-0.39, 0.29) is 23.3 Å². The number of carbonyl (C=O) groups is 3. The van der Waals surface area contributed by atoms with Crippen molar-refractivity contribution in [3.05, 3.63) is 28.3 Å². The Morgan fingerprint density at radius 3 is 2.33 bits per heavy atom. The molecule has 0 amide bonds. The van der Waals surface area contributed by atoms with E-state index in [1.807, 2.05) is 0 Å². The van der Waals surface area contributed by atoms with Gasteiger partial charge in [-0.15, -0.1) is 5.10 Å². The number of hydrogen-bond donors (Lipinski definition) is 0. The molecule has 13 nitrogen and oxygen atoms in total. The number of esters is 3. The highest BCUT2D eigenvalue weighted by atomic mass is 16.6. The number of rotatable bonds is 5. The number of ether oxygens (including phenoxy) is 4. The van der Waals surface area contributed by atoms with Crippen LogP contribution in [0.4, 0.5) is 5.69 Å². The molecule has 0 aliphatic carbocycles. The van der Waals surface area contributed by atoms with Gasteiger partial charge in [-0.2, -0.15) is 0 Å². The third kappa shape index (κ3) is 4.20. The van der Waals surface area contributed by atoms with Gasteiger partial charge in [-0.1, -0.05) is 11.3 Å². The standard InChI is InChI=1S/C17H18N4O9/c1-8(22)28-13-7-27-17(16(30-10(3)24)15(13)29-9(2)23)20-11-5-4-6-12(21(25)26)14(11)18-19-20/h4-6,13,15-17H,7H2,1-3H3/t13-,15-,16+,17+/m1/s1. The van der Waals surface area contributed by atoms with Gasteiger partial charge in [-0.25, -0.2) is 4.68 Å². The van der Waals surface area contributed by atoms with E-state index in [1.54, 1.807) is 0 Å². The highest BCUT2D eigenvalue weighted by Gasteiger charge is 2.48. The predicted octanol–water partition coefficient (Wildman–Crippen LogP) is 0.663. The third-order valence-electron chi connectivity index (χ3n) is 4.24. The molecule has 2 heterocycles. The minimum atomic E-state index is -1.27. The summed E-state index contributed by atoms with van der Waals surface area (Å²) in [6.45, 7) is 3.24. The van der Waals surface area contributed by atoms with Gasteiger partial charge in [0.2, 0.25) is 0 Å². The predicted molar refractivity (Wildman–Crippen MR) is 95.8 cm³/mol. The number of carbonyl (C=O) groups excluding carboxylic acids is 3. The van der Waals surface area contributed by atoms with Gasteiger partial charge in [0.05, 0.1) is 17.0 Å². The fourth-order valence-electron chi connectivity index (χ4n) is 3.22. The summed E-state index contributed by atoms with van der Waals surface area (Å²) < 4.78 is 22.7. The van der Waals surface area contributed by atoms with E-state index in [1.165, 1.54) is 29.8 Å². The Balaban J connectivity index is 2.07. The first-order valence-electron chi connectivity index (χ1n) is 8.80. The molecule has 160 valence electrons. The van der Waals surface area contributed by atoms with E-state index in [0.29, 0.717) is 0 Å². The van der Waals surface area contributed by atoms with E-state index < -0.39 is 47.4 Å². The van der Waals surface area contributed by atoms with Gasteiger partial charge in [0.15, 0.2) is 30.1 Å². The third-order valence-corrected chi connectivity index (χ3v) is 4.24. The molecular weight excluding hydrogens is 404 g/mol. The molecular formula is C17H18N4O9. The number of fused-ring (bicyclic) bond motifs is 1. The molecule has 0 unspecified atom stereocenters. The number of benzene rings is 1. The SMILES string of the molecule is CC(=O)O[C@H]1[C@H](OC(C)=O)[C@@H](n2nnc3c([N+](=O)[O-])cccc32)OC[C@H]1OC(C)=O. The maximum atomic E-state index is 11.7. The molecule has 1 aromatic carbocycles. The number of nitrogens with zero attached hydrogens (tertiary/aromatic N) is 4. The van der Waals surface area contributed by atoms with Crippen molar-refractivity contribution in [3.63, 3.8) is 0 Å². The zero-order valence-electron chi connectivity index (χ0n) is 16.2. The van der Waals surface area contributed by atoms with E-state index in [0.717, 1.165) is 13.8 Å². The van der Waals surface area contributed by atoms with Crippen molar-refractivity contribution < 1.29 is 38.3 Å². The summed E-state index contributed by atoms with van der Waals surface area (Å²) >= 11 is 0. The lowest BCUT2D eigenvalue weighted by Crippen LogP contribution is -2.55. The number of nitro groups is 1. The van der Waals surface area contributed by atoms with Gasteiger partial charge in [0.25, 0.3) is 5.69 Å². The lowest BCUT2D eigenvalue weighted by Gasteiger charge is -2.40. The lowest BCUT2D eigenvalue weighted by molar-refractivity contribution is -0.383. The number of non-ortho nitro benzene ring substituents is 1. The molecule has 0 bridgehead atoms. The summed E-state index contributed by atoms with van der Waals surface area (Å²) in [6.07, 6.45) is -4.67. The van der Waals surface area contributed by atoms with Gasteiger partial charge in [-0.3, -0.25) is 24.5 Å². The average Bonchev–Trinajstić information content (AvgIpc) is 3.07. The van der Waals surface area contributed by atoms with Crippen LogP contribution in [-0.2, 0) is 33.3 Å². The van der Waals surface area contributed by atoms with Gasteiger partial charge in [-0.05, 0) is 6.07 Å². The summed E-state index contributed by atoms with van der Waals surface area (Å²) in [5, 5.41) is 19.0. The van der Waals surface area contributed by atoms with Crippen LogP contribution in [0, 0.1) is 10.1 Å². The topological polar surface area (TPSA) is 162 Å². The van der Waals surface area contributed by atoms with Crippen molar-refractivity contribution in [2.75, 3.05) is 6.61 Å². The van der Waals surface area contributed by atoms with Crippen LogP contribution >= 0.6 is 0 Å². The summed E-state index contributed by atoms with van der Waals surface area (Å²) in [6, 6.07) is 4.23. The van der Waals surface area contributed by atoms with Crippen LogP contribution in [0.3, 0.4) is 0 Å². The van der Waals surface area contributed by atoms with Gasteiger partial charge in [0.1, 0.15) is 0 Å². The Labute approximate surface area is 169 Å². The second kappa shape index (κ2) is 8.41. The van der Waals surface area contributed by atoms with E-state index in [2.05, 4.69) is 10.3 Å². The Morgan fingerprint density at radius 1 is 1.10 bits per heavy atom. The molecule has 30 heavy (non-hydrogen) atoms. The molecule has 13 heteroatoms. The van der Waals surface area contributed by atoms with Crippen LogP contribution in [0.25, 0.3) is 11.0 Å². The van der Waals surface area contributed by atoms with Crippen molar-refractivity contribution in [1.29, 1.82) is 0 Å². The Kier molecular flexibility index (Phi) is 5.91. The molecule has 3 rings (SSSR count). The largest absolute Gasteiger partial charge is 0.456 e. The molecule has 0 spiro atoms. The van der Waals surface area contributed by atoms with Gasteiger partial charge in [0, 0.05) is 26.8 Å². The molecule has 0 radical (unpaired) electrons. The first kappa shape index (κ1) is 21.1. The van der Waals surface area contributed by atoms with Crippen molar-refractivity contribution in [2.45, 2.75) is 45.3 Å². The smallest absolute Gasteiger partial charge is 0.303 e. The Bertz CT molecular complexity index is 1000. The molecule has 4 atom stereocenters. The van der Waals surface area contributed by atoms with E-state index >= 15 is 0 Å². The van der Waals surface area contributed by atoms with Crippen LogP contribution in [0.2, 0.25) is 0 Å². The minimum absolute atomic E-state index is 0.00109. The summed E-state index contributed by atoms with van der Waals surface area (Å²) in [7, 11) is 0. The highest BCUT2D eigenvalue weighted by molar-refractivity contribution is 5.84. The zero-order valence-corrected chi connectivity index (χ0v) is 16.2. The molecule has 2 aromatic rings. The minimum Gasteiger partial charge on any atom is -0.456 e. The van der Waals surface area contributed by atoms with Gasteiger partial charge >= 0.3 is 17.9 Å². The summed E-state index contributed by atoms with van der Waals surface area (Å²) in [5.74, 6) is -2.07. The molecule has 1 fully saturated rings. The van der Waals surface area contributed by atoms with E-state index in [9.17, 15) is 24.5 Å². The second-order valence-corrected chi connectivity index (χ2v) is 6.46. The normalized spacial score (nSPS) is 23.6. The van der Waals surface area contributed by atoms with Crippen molar-refractivity contribution in [2.24, 2.45) is 0 Å². The van der Waals surface area contributed by atoms with Gasteiger partial charge < -0.3 is 18.9 Å². The maximum Gasteiger partial charge on any atom is 0.303 e. The van der Waals surface area contributed by atoms with Crippen LogP contribution in [-0.4, -0.2) is 62.7 Å². The lowest BCUT2D eigenvalue weighted by atomic mass is 10.0. The first-order chi connectivity index (χ1) is 14.2. The molecule has 1 aliphatic heterocycles. The van der Waals surface area contributed by atoms with Crippen LogP contribution in [0.1, 0.15) is 27.0 Å². The Hall–Kier alpha value is -3.61. The molecule has 1 aromatic heterocycles. The second-order valence-electron chi connectivity index (χ2n) is 6.46.